The Labute approximate surface area is 196 Å². The average molecular weight is 494 g/mol. The maximum atomic E-state index is 12.8. The van der Waals surface area contributed by atoms with E-state index >= 15 is 0 Å². The zero-order valence-electron chi connectivity index (χ0n) is 18.8. The van der Waals surface area contributed by atoms with E-state index < -0.39 is 21.9 Å². The van der Waals surface area contributed by atoms with Gasteiger partial charge in [-0.1, -0.05) is 23.7 Å². The van der Waals surface area contributed by atoms with Gasteiger partial charge in [0.25, 0.3) is 0 Å². The van der Waals surface area contributed by atoms with Gasteiger partial charge >= 0.3 is 21.9 Å². The number of halogens is 1. The van der Waals surface area contributed by atoms with E-state index in [0.717, 1.165) is 4.31 Å². The zero-order valence-corrected chi connectivity index (χ0v) is 20.4. The van der Waals surface area contributed by atoms with Crippen molar-refractivity contribution in [3.63, 3.8) is 0 Å². The standard InChI is InChI=1S/C22H24ClN3O6S/c1-13-16-11-18(23)20(32-22(28)25(2)3)12-19(16)31-21(27)17(13)10-14-7-6-8-15(9-14)24-33(29,30)26(4)5/h6-9,11-12,24H,10H2,1-5H3. The Bertz CT molecular complexity index is 1380. The Morgan fingerprint density at radius 2 is 1.85 bits per heavy atom. The van der Waals surface area contributed by atoms with Crippen LogP contribution in [0.1, 0.15) is 16.7 Å². The molecule has 0 atom stereocenters. The van der Waals surface area contributed by atoms with E-state index in [-0.39, 0.29) is 22.8 Å². The smallest absolute Gasteiger partial charge is 0.414 e. The lowest BCUT2D eigenvalue weighted by Gasteiger charge is -2.15. The van der Waals surface area contributed by atoms with Gasteiger partial charge in [0.2, 0.25) is 0 Å². The molecule has 0 spiro atoms. The molecule has 0 fully saturated rings. The second-order valence-electron chi connectivity index (χ2n) is 7.80. The van der Waals surface area contributed by atoms with Crippen molar-refractivity contribution in [3.8, 4) is 5.75 Å². The molecular formula is C22H24ClN3O6S. The van der Waals surface area contributed by atoms with Crippen LogP contribution in [0.2, 0.25) is 5.02 Å². The second kappa shape index (κ2) is 9.42. The fourth-order valence-corrected chi connectivity index (χ4v) is 3.86. The number of carbonyl (C=O) groups excluding carboxylic acids is 1. The molecule has 2 aromatic carbocycles. The van der Waals surface area contributed by atoms with Crippen molar-refractivity contribution >= 4 is 44.6 Å². The van der Waals surface area contributed by atoms with Gasteiger partial charge in [-0.3, -0.25) is 4.72 Å². The van der Waals surface area contributed by atoms with Crippen molar-refractivity contribution in [1.82, 2.24) is 9.21 Å². The largest absolute Gasteiger partial charge is 0.422 e. The molecule has 0 aliphatic heterocycles. The molecule has 3 rings (SSSR count). The second-order valence-corrected chi connectivity index (χ2v) is 10.1. The first-order valence-corrected chi connectivity index (χ1v) is 11.6. The van der Waals surface area contributed by atoms with Gasteiger partial charge in [0.05, 0.1) is 10.7 Å². The number of benzene rings is 2. The molecule has 1 aromatic heterocycles. The topological polar surface area (TPSA) is 109 Å². The number of hydrogen-bond acceptors (Lipinski definition) is 6. The quantitative estimate of drug-likeness (QED) is 0.525. The lowest BCUT2D eigenvalue weighted by molar-refractivity contribution is 0.172. The molecule has 3 aromatic rings. The van der Waals surface area contributed by atoms with Crippen LogP contribution in [0.3, 0.4) is 0 Å². The Morgan fingerprint density at radius 1 is 1.15 bits per heavy atom. The van der Waals surface area contributed by atoms with Crippen LogP contribution < -0.4 is 15.1 Å². The third-order valence-electron chi connectivity index (χ3n) is 4.94. The molecule has 9 nitrogen and oxygen atoms in total. The molecule has 11 heteroatoms. The van der Waals surface area contributed by atoms with Crippen LogP contribution in [0, 0.1) is 6.92 Å². The SMILES string of the molecule is Cc1c(Cc2cccc(NS(=O)(=O)N(C)C)c2)c(=O)oc2cc(OC(=O)N(C)C)c(Cl)cc12. The minimum Gasteiger partial charge on any atom is -0.422 e. The third kappa shape index (κ3) is 5.47. The highest BCUT2D eigenvalue weighted by molar-refractivity contribution is 7.90. The molecule has 176 valence electrons. The highest BCUT2D eigenvalue weighted by Gasteiger charge is 2.18. The van der Waals surface area contributed by atoms with E-state index in [1.165, 1.54) is 39.2 Å². The van der Waals surface area contributed by atoms with Gasteiger partial charge in [-0.25, -0.2) is 9.59 Å². The summed E-state index contributed by atoms with van der Waals surface area (Å²) in [5.74, 6) is 0.0824. The number of aryl methyl sites for hydroxylation is 1. The molecule has 33 heavy (non-hydrogen) atoms. The van der Waals surface area contributed by atoms with Gasteiger partial charge in [-0.2, -0.15) is 12.7 Å². The van der Waals surface area contributed by atoms with Crippen LogP contribution in [-0.2, 0) is 16.6 Å². The highest BCUT2D eigenvalue weighted by Crippen LogP contribution is 2.32. The van der Waals surface area contributed by atoms with Crippen LogP contribution in [0.5, 0.6) is 5.75 Å². The number of anilines is 1. The molecule has 0 saturated carbocycles. The van der Waals surface area contributed by atoms with Crippen molar-refractivity contribution in [2.75, 3.05) is 32.9 Å². The number of fused-ring (bicyclic) bond motifs is 1. The van der Waals surface area contributed by atoms with Gasteiger partial charge < -0.3 is 14.1 Å². The van der Waals surface area contributed by atoms with Gasteiger partial charge in [-0.05, 0) is 36.2 Å². The maximum Gasteiger partial charge on any atom is 0.414 e. The average Bonchev–Trinajstić information content (AvgIpc) is 2.72. The van der Waals surface area contributed by atoms with E-state index in [2.05, 4.69) is 4.72 Å². The third-order valence-corrected chi connectivity index (χ3v) is 6.69. The number of nitrogens with zero attached hydrogens (tertiary/aromatic N) is 2. The lowest BCUT2D eigenvalue weighted by atomic mass is 9.99. The number of nitrogens with one attached hydrogen (secondary N) is 1. The van der Waals surface area contributed by atoms with Crippen molar-refractivity contribution in [2.24, 2.45) is 0 Å². The number of hydrogen-bond donors (Lipinski definition) is 1. The number of rotatable bonds is 6. The van der Waals surface area contributed by atoms with E-state index in [9.17, 15) is 18.0 Å². The van der Waals surface area contributed by atoms with E-state index in [0.29, 0.717) is 27.8 Å². The molecule has 0 saturated heterocycles. The first kappa shape index (κ1) is 24.6. The molecule has 1 N–H and O–H groups in total. The lowest BCUT2D eigenvalue weighted by Crippen LogP contribution is -2.28. The first-order chi connectivity index (χ1) is 15.4. The summed E-state index contributed by atoms with van der Waals surface area (Å²) in [6, 6.07) is 9.75. The van der Waals surface area contributed by atoms with Gasteiger partial charge in [0, 0.05) is 51.6 Å². The van der Waals surface area contributed by atoms with Gasteiger partial charge in [-0.15, -0.1) is 0 Å². The molecule has 0 radical (unpaired) electrons. The summed E-state index contributed by atoms with van der Waals surface area (Å²) >= 11 is 6.30. The molecule has 1 heterocycles. The van der Waals surface area contributed by atoms with E-state index in [1.54, 1.807) is 37.3 Å². The fraction of sp³-hybridized carbons (Fsp3) is 0.273. The van der Waals surface area contributed by atoms with Crippen molar-refractivity contribution < 1.29 is 22.4 Å². The monoisotopic (exact) mass is 493 g/mol. The fourth-order valence-electron chi connectivity index (χ4n) is 3.05. The first-order valence-electron chi connectivity index (χ1n) is 9.83. The number of carbonyl (C=O) groups is 1. The summed E-state index contributed by atoms with van der Waals surface area (Å²) in [4.78, 5) is 25.9. The van der Waals surface area contributed by atoms with Crippen molar-refractivity contribution in [3.05, 3.63) is 68.5 Å². The summed E-state index contributed by atoms with van der Waals surface area (Å²) in [5.41, 5.74) is 1.84. The molecular weight excluding hydrogens is 470 g/mol. The summed E-state index contributed by atoms with van der Waals surface area (Å²) in [6.45, 7) is 1.77. The van der Waals surface area contributed by atoms with Crippen LogP contribution >= 0.6 is 11.6 Å². The Hall–Kier alpha value is -3.08. The number of ether oxygens (including phenoxy) is 1. The molecule has 0 bridgehead atoms. The van der Waals surface area contributed by atoms with Crippen molar-refractivity contribution in [1.29, 1.82) is 0 Å². The van der Waals surface area contributed by atoms with Crippen molar-refractivity contribution in [2.45, 2.75) is 13.3 Å². The Kier molecular flexibility index (Phi) is 7.01. The predicted octanol–water partition coefficient (Wildman–Crippen LogP) is 3.62. The van der Waals surface area contributed by atoms with Crippen LogP contribution in [0.25, 0.3) is 11.0 Å². The molecule has 0 aliphatic carbocycles. The Balaban J connectivity index is 1.97. The summed E-state index contributed by atoms with van der Waals surface area (Å²) < 4.78 is 38.4. The zero-order chi connectivity index (χ0) is 24.5. The maximum absolute atomic E-state index is 12.8. The van der Waals surface area contributed by atoms with Crippen LogP contribution in [0.4, 0.5) is 10.5 Å². The summed E-state index contributed by atoms with van der Waals surface area (Å²) in [6.07, 6.45) is -0.395. The van der Waals surface area contributed by atoms with Gasteiger partial charge in [0.1, 0.15) is 5.58 Å². The summed E-state index contributed by atoms with van der Waals surface area (Å²) in [7, 11) is 2.26. The normalized spacial score (nSPS) is 11.6. The predicted molar refractivity (Wildman–Crippen MR) is 127 cm³/mol. The molecule has 0 unspecified atom stereocenters. The number of amides is 1. The van der Waals surface area contributed by atoms with Crippen LogP contribution in [0.15, 0.2) is 45.6 Å². The molecule has 0 aliphatic rings. The minimum atomic E-state index is -3.66. The molecule has 1 amide bonds. The Morgan fingerprint density at radius 3 is 2.48 bits per heavy atom. The highest BCUT2D eigenvalue weighted by atomic mass is 35.5. The van der Waals surface area contributed by atoms with E-state index in [4.69, 9.17) is 20.8 Å². The van der Waals surface area contributed by atoms with Gasteiger partial charge in [0.15, 0.2) is 5.75 Å². The summed E-state index contributed by atoms with van der Waals surface area (Å²) in [5, 5.41) is 0.796. The minimum absolute atomic E-state index is 0.0824. The van der Waals surface area contributed by atoms with E-state index in [1.807, 2.05) is 0 Å². The van der Waals surface area contributed by atoms with Crippen LogP contribution in [-0.4, -0.2) is 51.9 Å².